The minimum absolute atomic E-state index is 0.137. The molecule has 0 amide bonds. The number of rotatable bonds is 12. The predicted molar refractivity (Wildman–Crippen MR) is 190 cm³/mol. The maximum absolute atomic E-state index is 6.53. The molecule has 2 aromatic carbocycles. The zero-order valence-corrected chi connectivity index (χ0v) is 32.0. The molecular weight excluding hydrogens is 710 g/mol. The predicted octanol–water partition coefficient (Wildman–Crippen LogP) is 7.10. The van der Waals surface area contributed by atoms with Gasteiger partial charge >= 0.3 is 13.4 Å². The van der Waals surface area contributed by atoms with E-state index in [9.17, 15) is 0 Å². The maximum Gasteiger partial charge on any atom is 0.327 e. The van der Waals surface area contributed by atoms with Crippen LogP contribution in [0.5, 0.6) is 0 Å². The first-order valence-electron chi connectivity index (χ1n) is 16.5. The Morgan fingerprint density at radius 1 is 0.531 bits per heavy atom. The van der Waals surface area contributed by atoms with Gasteiger partial charge in [-0.1, -0.05) is 88.4 Å². The molecule has 15 heteroatoms. The fourth-order valence-corrected chi connectivity index (χ4v) is 9.74. The van der Waals surface area contributed by atoms with E-state index in [0.717, 1.165) is 11.1 Å². The van der Waals surface area contributed by atoms with Crippen LogP contribution in [0.4, 0.5) is 0 Å². The van der Waals surface area contributed by atoms with Gasteiger partial charge in [-0.25, -0.2) is 0 Å². The Labute approximate surface area is 300 Å². The van der Waals surface area contributed by atoms with Crippen LogP contribution in [0.2, 0.25) is 0 Å². The first-order chi connectivity index (χ1) is 23.3. The van der Waals surface area contributed by atoms with Gasteiger partial charge in [0.25, 0.3) is 0 Å². The number of benzene rings is 2. The van der Waals surface area contributed by atoms with Crippen LogP contribution in [0.3, 0.4) is 0 Å². The highest BCUT2D eigenvalue weighted by Crippen LogP contribution is 2.57. The van der Waals surface area contributed by atoms with E-state index in [1.807, 2.05) is 60.7 Å². The molecule has 4 fully saturated rings. The standard InChI is InChI=1S/C34H48O11P2S2/c1-31(2)15-40-46(48,41-16-31)44-25-33(21-36-29(37-22-33)27-11-7-5-8-12-27)19-35-20-34(26-45-47(49)42-17-32(3,4)18-43-47)23-38-30(39-24-34)28-13-9-6-10-14-28/h5-14,29-30H,15-26H2,1-4H3. The van der Waals surface area contributed by atoms with Crippen LogP contribution < -0.4 is 0 Å². The lowest BCUT2D eigenvalue weighted by atomic mass is 9.89. The van der Waals surface area contributed by atoms with Crippen molar-refractivity contribution in [3.63, 3.8) is 0 Å². The van der Waals surface area contributed by atoms with Crippen LogP contribution in [0.25, 0.3) is 0 Å². The Balaban J connectivity index is 1.13. The maximum atomic E-state index is 6.53. The van der Waals surface area contributed by atoms with Crippen LogP contribution in [0.1, 0.15) is 51.4 Å². The molecule has 11 nitrogen and oxygen atoms in total. The summed E-state index contributed by atoms with van der Waals surface area (Å²) >= 11 is 11.4. The first-order valence-corrected chi connectivity index (χ1v) is 21.6. The van der Waals surface area contributed by atoms with Crippen molar-refractivity contribution in [3.05, 3.63) is 71.8 Å². The largest absolute Gasteiger partial charge is 0.380 e. The fourth-order valence-electron chi connectivity index (χ4n) is 5.45. The molecule has 0 atom stereocenters. The highest BCUT2D eigenvalue weighted by molar-refractivity contribution is 8.07. The summed E-state index contributed by atoms with van der Waals surface area (Å²) in [4.78, 5) is 0. The van der Waals surface area contributed by atoms with Crippen molar-refractivity contribution in [3.8, 4) is 0 Å². The van der Waals surface area contributed by atoms with Gasteiger partial charge in [-0.3, -0.25) is 0 Å². The van der Waals surface area contributed by atoms with Gasteiger partial charge in [0.05, 0.1) is 90.1 Å². The van der Waals surface area contributed by atoms with Crippen LogP contribution >= 0.6 is 13.4 Å². The van der Waals surface area contributed by atoms with Crippen LogP contribution in [0, 0.1) is 21.7 Å². The minimum Gasteiger partial charge on any atom is -0.380 e. The van der Waals surface area contributed by atoms with Gasteiger partial charge in [0.1, 0.15) is 0 Å². The summed E-state index contributed by atoms with van der Waals surface area (Å²) in [5.74, 6) is 0. The summed E-state index contributed by atoms with van der Waals surface area (Å²) in [5, 5.41) is 0. The quantitative estimate of drug-likeness (QED) is 0.206. The summed E-state index contributed by atoms with van der Waals surface area (Å²) < 4.78 is 68.0. The minimum atomic E-state index is -2.96. The average molecular weight is 759 g/mol. The van der Waals surface area contributed by atoms with E-state index >= 15 is 0 Å². The van der Waals surface area contributed by atoms with Crippen molar-refractivity contribution >= 4 is 37.1 Å². The van der Waals surface area contributed by atoms with Gasteiger partial charge in [0.15, 0.2) is 12.6 Å². The van der Waals surface area contributed by atoms with Crippen molar-refractivity contribution in [2.45, 2.75) is 40.3 Å². The molecule has 4 aliphatic rings. The summed E-state index contributed by atoms with van der Waals surface area (Å²) in [6.07, 6.45) is -1.01. The topological polar surface area (TPSA) is 102 Å². The van der Waals surface area contributed by atoms with Crippen molar-refractivity contribution in [1.82, 2.24) is 0 Å². The molecule has 0 aliphatic carbocycles. The molecule has 6 rings (SSSR count). The lowest BCUT2D eigenvalue weighted by molar-refractivity contribution is -0.266. The molecule has 0 saturated carbocycles. The second-order valence-electron chi connectivity index (χ2n) is 15.1. The summed E-state index contributed by atoms with van der Waals surface area (Å²) in [6.45, 7) is 6.20. The molecule has 0 bridgehead atoms. The fraction of sp³-hybridized carbons (Fsp3) is 0.647. The zero-order valence-electron chi connectivity index (χ0n) is 28.6. The molecule has 4 heterocycles. The van der Waals surface area contributed by atoms with Gasteiger partial charge in [0.2, 0.25) is 0 Å². The second-order valence-corrected chi connectivity index (χ2v) is 21.1. The Hall–Kier alpha value is -0.700. The number of hydrogen-bond acceptors (Lipinski definition) is 13. The van der Waals surface area contributed by atoms with Gasteiger partial charge < -0.3 is 50.8 Å². The van der Waals surface area contributed by atoms with Crippen molar-refractivity contribution in [2.75, 3.05) is 79.3 Å². The first kappa shape index (κ1) is 38.0. The Morgan fingerprint density at radius 2 is 0.857 bits per heavy atom. The van der Waals surface area contributed by atoms with Gasteiger partial charge in [-0.15, -0.1) is 0 Å². The van der Waals surface area contributed by atoms with E-state index < -0.39 is 36.8 Å². The smallest absolute Gasteiger partial charge is 0.327 e. The van der Waals surface area contributed by atoms with Crippen molar-refractivity contribution < 1.29 is 50.8 Å². The summed E-state index contributed by atoms with van der Waals surface area (Å²) in [6, 6.07) is 19.7. The molecule has 0 aromatic heterocycles. The monoisotopic (exact) mass is 758 g/mol. The Bertz CT molecular complexity index is 1330. The molecule has 0 unspecified atom stereocenters. The highest BCUT2D eigenvalue weighted by atomic mass is 32.5. The average Bonchev–Trinajstić information content (AvgIpc) is 3.11. The normalized spacial score (nSPS) is 32.3. The zero-order chi connectivity index (χ0) is 34.6. The molecule has 272 valence electrons. The van der Waals surface area contributed by atoms with Crippen LogP contribution in [-0.4, -0.2) is 79.3 Å². The van der Waals surface area contributed by atoms with E-state index in [1.54, 1.807) is 0 Å². The second kappa shape index (κ2) is 15.7. The van der Waals surface area contributed by atoms with E-state index in [4.69, 9.17) is 74.4 Å². The van der Waals surface area contributed by atoms with E-state index in [0.29, 0.717) is 52.9 Å². The van der Waals surface area contributed by atoms with Gasteiger partial charge in [-0.2, -0.15) is 0 Å². The molecule has 4 saturated heterocycles. The lowest BCUT2D eigenvalue weighted by Gasteiger charge is -2.44. The van der Waals surface area contributed by atoms with Crippen LogP contribution in [-0.2, 0) is 74.4 Å². The van der Waals surface area contributed by atoms with Crippen molar-refractivity contribution in [2.24, 2.45) is 21.7 Å². The number of ether oxygens (including phenoxy) is 5. The molecular formula is C34H48O11P2S2. The summed E-state index contributed by atoms with van der Waals surface area (Å²) in [5.41, 5.74) is 0.196. The molecule has 2 aromatic rings. The highest BCUT2D eigenvalue weighted by Gasteiger charge is 2.45. The van der Waals surface area contributed by atoms with Gasteiger partial charge in [-0.05, 0) is 23.6 Å². The Kier molecular flexibility index (Phi) is 12.2. The molecule has 0 N–H and O–H groups in total. The van der Waals surface area contributed by atoms with Crippen molar-refractivity contribution in [1.29, 1.82) is 0 Å². The SMILES string of the molecule is CC1(C)COP(=S)(OCC2(COCC3(COP4(=S)OCC(C)(C)CO4)COC(c4ccccc4)OC3)COC(c3ccccc3)OC2)OC1. The lowest BCUT2D eigenvalue weighted by Crippen LogP contribution is -2.49. The van der Waals surface area contributed by atoms with E-state index in [-0.39, 0.29) is 37.3 Å². The number of hydrogen-bond donors (Lipinski definition) is 0. The summed E-state index contributed by atoms with van der Waals surface area (Å²) in [7, 11) is 0. The van der Waals surface area contributed by atoms with Gasteiger partial charge in [0, 0.05) is 22.0 Å². The van der Waals surface area contributed by atoms with E-state index in [2.05, 4.69) is 27.7 Å². The molecule has 0 radical (unpaired) electrons. The van der Waals surface area contributed by atoms with Crippen LogP contribution in [0.15, 0.2) is 60.7 Å². The molecule has 4 aliphatic heterocycles. The third-order valence-electron chi connectivity index (χ3n) is 8.63. The van der Waals surface area contributed by atoms with E-state index in [1.165, 1.54) is 0 Å². The molecule has 49 heavy (non-hydrogen) atoms. The third-order valence-corrected chi connectivity index (χ3v) is 13.2. The third kappa shape index (κ3) is 10.3. The molecule has 0 spiro atoms. The Morgan fingerprint density at radius 3 is 1.18 bits per heavy atom.